The van der Waals surface area contributed by atoms with Crippen molar-refractivity contribution in [3.05, 3.63) is 29.3 Å². The van der Waals surface area contributed by atoms with Crippen LogP contribution >= 0.6 is 0 Å². The summed E-state index contributed by atoms with van der Waals surface area (Å²) in [5.41, 5.74) is 3.75. The Morgan fingerprint density at radius 2 is 2.07 bits per heavy atom. The first kappa shape index (κ1) is 11.2. The molecule has 2 N–H and O–H groups in total. The van der Waals surface area contributed by atoms with Crippen molar-refractivity contribution in [2.45, 2.75) is 18.4 Å². The topological polar surface area (TPSA) is 66.4 Å². The highest BCUT2D eigenvalue weighted by Gasteiger charge is 2.08. The van der Waals surface area contributed by atoms with Gasteiger partial charge in [-0.15, -0.1) is 0 Å². The van der Waals surface area contributed by atoms with Crippen LogP contribution in [-0.4, -0.2) is 19.9 Å². The van der Waals surface area contributed by atoms with Crippen LogP contribution in [0.5, 0.6) is 0 Å². The molecule has 5 heteroatoms. The maximum absolute atomic E-state index is 11.2. The third kappa shape index (κ3) is 2.54. The average Bonchev–Trinajstić information content (AvgIpc) is 2.07. The molecule has 4 nitrogen and oxygen atoms in total. The van der Waals surface area contributed by atoms with Crippen molar-refractivity contribution < 1.29 is 13.6 Å². The van der Waals surface area contributed by atoms with Crippen LogP contribution in [0.15, 0.2) is 23.1 Å². The Balaban J connectivity index is 3.13. The van der Waals surface area contributed by atoms with Crippen molar-refractivity contribution in [3.63, 3.8) is 0 Å². The summed E-state index contributed by atoms with van der Waals surface area (Å²) >= 11 is 0. The minimum Gasteiger partial charge on any atom is -0.316 e. The van der Waals surface area contributed by atoms with E-state index in [1.165, 1.54) is 12.3 Å². The predicted octanol–water partition coefficient (Wildman–Crippen LogP) is 0.877. The molecule has 0 amide bonds. The number of benzene rings is 1. The molecule has 1 aromatic carbocycles. The van der Waals surface area contributed by atoms with Gasteiger partial charge in [-0.25, -0.2) is 13.9 Å². The Hall–Kier alpha value is -0.910. The molecule has 0 aromatic heterocycles. The molecule has 0 radical (unpaired) electrons. The fraction of sp³-hybridized carbons (Fsp3) is 0.333. The van der Waals surface area contributed by atoms with Crippen LogP contribution in [0.25, 0.3) is 0 Å². The van der Waals surface area contributed by atoms with E-state index in [2.05, 4.69) is 0 Å². The molecule has 0 heterocycles. The highest BCUT2D eigenvalue weighted by Crippen LogP contribution is 2.14. The fourth-order valence-electron chi connectivity index (χ4n) is 1.18. The van der Waals surface area contributed by atoms with Gasteiger partial charge in [-0.1, -0.05) is 6.07 Å². The Kier molecular flexibility index (Phi) is 3.25. The Morgan fingerprint density at radius 3 is 2.50 bits per heavy atom. The van der Waals surface area contributed by atoms with E-state index >= 15 is 0 Å². The summed E-state index contributed by atoms with van der Waals surface area (Å²) in [5.74, 6) is 0. The number of hydrogen-bond donors (Lipinski definition) is 2. The SMILES string of the molecule is Cc1cc(S(C)(=O)=O)ccc1CNO. The van der Waals surface area contributed by atoms with Crippen molar-refractivity contribution >= 4 is 9.84 Å². The van der Waals surface area contributed by atoms with Crippen molar-refractivity contribution in [2.75, 3.05) is 6.26 Å². The van der Waals surface area contributed by atoms with Crippen LogP contribution in [-0.2, 0) is 16.4 Å². The second-order valence-electron chi connectivity index (χ2n) is 3.20. The van der Waals surface area contributed by atoms with Crippen LogP contribution in [0, 0.1) is 6.92 Å². The maximum atomic E-state index is 11.2. The van der Waals surface area contributed by atoms with E-state index < -0.39 is 9.84 Å². The van der Waals surface area contributed by atoms with Gasteiger partial charge in [0.15, 0.2) is 9.84 Å². The van der Waals surface area contributed by atoms with Gasteiger partial charge in [0, 0.05) is 12.8 Å². The molecule has 0 aliphatic rings. The number of rotatable bonds is 3. The molecule has 0 bridgehead atoms. The highest BCUT2D eigenvalue weighted by molar-refractivity contribution is 7.90. The number of sulfone groups is 1. The molecule has 0 spiro atoms. The smallest absolute Gasteiger partial charge is 0.175 e. The molecule has 0 aliphatic carbocycles. The molecule has 1 aromatic rings. The van der Waals surface area contributed by atoms with Crippen LogP contribution in [0.2, 0.25) is 0 Å². The van der Waals surface area contributed by atoms with Gasteiger partial charge in [0.25, 0.3) is 0 Å². The van der Waals surface area contributed by atoms with Crippen LogP contribution < -0.4 is 5.48 Å². The molecule has 0 saturated heterocycles. The zero-order valence-corrected chi connectivity index (χ0v) is 8.93. The standard InChI is InChI=1S/C9H13NO3S/c1-7-5-9(14(2,12)13)4-3-8(7)6-10-11/h3-5,10-11H,6H2,1-2H3. The lowest BCUT2D eigenvalue weighted by Crippen LogP contribution is -2.08. The molecule has 0 aliphatic heterocycles. The van der Waals surface area contributed by atoms with Gasteiger partial charge < -0.3 is 5.21 Å². The van der Waals surface area contributed by atoms with Crippen molar-refractivity contribution in [1.29, 1.82) is 0 Å². The molecule has 14 heavy (non-hydrogen) atoms. The predicted molar refractivity (Wildman–Crippen MR) is 52.9 cm³/mol. The number of hydrogen-bond acceptors (Lipinski definition) is 4. The second kappa shape index (κ2) is 4.08. The Morgan fingerprint density at radius 1 is 1.43 bits per heavy atom. The summed E-state index contributed by atoms with van der Waals surface area (Å²) in [4.78, 5) is 0.302. The normalized spacial score (nSPS) is 11.6. The number of hydroxylamine groups is 1. The van der Waals surface area contributed by atoms with E-state index in [4.69, 9.17) is 5.21 Å². The van der Waals surface area contributed by atoms with Crippen LogP contribution in [0.4, 0.5) is 0 Å². The highest BCUT2D eigenvalue weighted by atomic mass is 32.2. The zero-order valence-electron chi connectivity index (χ0n) is 8.11. The Bertz CT molecular complexity index is 426. The van der Waals surface area contributed by atoms with E-state index in [9.17, 15) is 8.42 Å². The van der Waals surface area contributed by atoms with E-state index in [1.807, 2.05) is 5.48 Å². The maximum Gasteiger partial charge on any atom is 0.175 e. The first-order chi connectivity index (χ1) is 6.45. The second-order valence-corrected chi connectivity index (χ2v) is 5.21. The van der Waals surface area contributed by atoms with Crippen molar-refractivity contribution in [3.8, 4) is 0 Å². The lowest BCUT2D eigenvalue weighted by molar-refractivity contribution is 0.161. The monoisotopic (exact) mass is 215 g/mol. The average molecular weight is 215 g/mol. The first-order valence-corrected chi connectivity index (χ1v) is 6.01. The fourth-order valence-corrected chi connectivity index (χ4v) is 1.89. The molecule has 0 saturated carbocycles. The van der Waals surface area contributed by atoms with Gasteiger partial charge in [-0.3, -0.25) is 0 Å². The largest absolute Gasteiger partial charge is 0.316 e. The van der Waals surface area contributed by atoms with Gasteiger partial charge in [0.2, 0.25) is 0 Å². The van der Waals surface area contributed by atoms with E-state index in [-0.39, 0.29) is 0 Å². The molecular formula is C9H13NO3S. The quantitative estimate of drug-likeness (QED) is 0.734. The van der Waals surface area contributed by atoms with Crippen LogP contribution in [0.1, 0.15) is 11.1 Å². The van der Waals surface area contributed by atoms with Gasteiger partial charge in [0.1, 0.15) is 0 Å². The lowest BCUT2D eigenvalue weighted by Gasteiger charge is -2.06. The summed E-state index contributed by atoms with van der Waals surface area (Å²) in [5, 5.41) is 8.51. The van der Waals surface area contributed by atoms with Gasteiger partial charge >= 0.3 is 0 Å². The number of nitrogens with one attached hydrogen (secondary N) is 1. The van der Waals surface area contributed by atoms with E-state index in [0.717, 1.165) is 11.1 Å². The molecule has 78 valence electrons. The zero-order chi connectivity index (χ0) is 10.8. The molecular weight excluding hydrogens is 202 g/mol. The minimum atomic E-state index is -3.14. The summed E-state index contributed by atoms with van der Waals surface area (Å²) in [6, 6.07) is 4.83. The molecule has 1 rings (SSSR count). The summed E-state index contributed by atoms with van der Waals surface area (Å²) in [6.45, 7) is 2.12. The minimum absolute atomic E-state index is 0.302. The summed E-state index contributed by atoms with van der Waals surface area (Å²) in [7, 11) is -3.14. The van der Waals surface area contributed by atoms with Gasteiger partial charge in [0.05, 0.1) is 4.90 Å². The van der Waals surface area contributed by atoms with Crippen LogP contribution in [0.3, 0.4) is 0 Å². The van der Waals surface area contributed by atoms with Gasteiger partial charge in [-0.05, 0) is 30.2 Å². The number of aryl methyl sites for hydroxylation is 1. The Labute approximate surface area is 83.4 Å². The lowest BCUT2D eigenvalue weighted by atomic mass is 10.1. The van der Waals surface area contributed by atoms with E-state index in [0.29, 0.717) is 11.4 Å². The molecule has 0 fully saturated rings. The molecule has 0 unspecified atom stereocenters. The van der Waals surface area contributed by atoms with Crippen molar-refractivity contribution in [2.24, 2.45) is 0 Å². The molecule has 0 atom stereocenters. The summed E-state index contributed by atoms with van der Waals surface area (Å²) in [6.07, 6.45) is 1.17. The third-order valence-corrected chi connectivity index (χ3v) is 3.12. The third-order valence-electron chi connectivity index (χ3n) is 2.01. The van der Waals surface area contributed by atoms with Crippen molar-refractivity contribution in [1.82, 2.24) is 5.48 Å². The summed E-state index contributed by atoms with van der Waals surface area (Å²) < 4.78 is 22.4. The van der Waals surface area contributed by atoms with Gasteiger partial charge in [-0.2, -0.15) is 0 Å². The first-order valence-electron chi connectivity index (χ1n) is 4.11. The van der Waals surface area contributed by atoms with E-state index in [1.54, 1.807) is 19.1 Å².